The van der Waals surface area contributed by atoms with E-state index in [-0.39, 0.29) is 0 Å². The van der Waals surface area contributed by atoms with E-state index in [2.05, 4.69) is 47.4 Å². The molecule has 0 atom stereocenters. The van der Waals surface area contributed by atoms with Crippen molar-refractivity contribution in [1.29, 1.82) is 0 Å². The van der Waals surface area contributed by atoms with Crippen molar-refractivity contribution in [2.45, 2.75) is 39.8 Å². The second-order valence-corrected chi connectivity index (χ2v) is 7.49. The number of rotatable bonds is 4. The molecule has 1 aromatic carbocycles. The first-order valence-electron chi connectivity index (χ1n) is 7.77. The maximum absolute atomic E-state index is 5.47. The Morgan fingerprint density at radius 3 is 2.77 bits per heavy atom. The number of anilines is 2. The van der Waals surface area contributed by atoms with Crippen LogP contribution in [0.4, 0.5) is 10.8 Å². The third-order valence-corrected chi connectivity index (χ3v) is 5.46. The number of hydrogen-bond donors (Lipinski definition) is 1. The van der Waals surface area contributed by atoms with Crippen molar-refractivity contribution < 1.29 is 0 Å². The highest BCUT2D eigenvalue weighted by atomic mass is 32.1. The quantitative estimate of drug-likeness (QED) is 0.836. The van der Waals surface area contributed by atoms with Crippen LogP contribution in [0.2, 0.25) is 0 Å². The van der Waals surface area contributed by atoms with Gasteiger partial charge < -0.3 is 5.32 Å². The van der Waals surface area contributed by atoms with Gasteiger partial charge in [-0.3, -0.25) is 4.90 Å². The molecule has 0 bridgehead atoms. The second kappa shape index (κ2) is 6.89. The summed E-state index contributed by atoms with van der Waals surface area (Å²) < 4.78 is 2.78. The molecule has 0 aliphatic carbocycles. The summed E-state index contributed by atoms with van der Waals surface area (Å²) in [5.74, 6) is 0. The van der Waals surface area contributed by atoms with Crippen molar-refractivity contribution in [2.75, 3.05) is 18.4 Å². The van der Waals surface area contributed by atoms with Crippen LogP contribution in [0, 0.1) is 17.8 Å². The largest absolute Gasteiger partial charge is 0.330 e. The highest BCUT2D eigenvalue weighted by Gasteiger charge is 2.13. The first-order chi connectivity index (χ1) is 10.6. The number of nitrogens with one attached hydrogen (secondary N) is 1. The number of benzene rings is 1. The minimum absolute atomic E-state index is 0.809. The molecule has 1 fully saturated rings. The zero-order chi connectivity index (χ0) is 15.5. The van der Waals surface area contributed by atoms with Gasteiger partial charge in [-0.15, -0.1) is 5.10 Å². The maximum Gasteiger partial charge on any atom is 0.209 e. The zero-order valence-corrected chi connectivity index (χ0v) is 14.8. The number of likely N-dealkylation sites (tertiary alicyclic amines) is 1. The molecular formula is C16H22N4S2. The van der Waals surface area contributed by atoms with Crippen molar-refractivity contribution in [3.05, 3.63) is 33.3 Å². The van der Waals surface area contributed by atoms with E-state index >= 15 is 0 Å². The van der Waals surface area contributed by atoms with Gasteiger partial charge in [0.1, 0.15) is 0 Å². The van der Waals surface area contributed by atoms with Crippen LogP contribution in [0.25, 0.3) is 0 Å². The molecule has 0 amide bonds. The van der Waals surface area contributed by atoms with Gasteiger partial charge >= 0.3 is 0 Å². The summed E-state index contributed by atoms with van der Waals surface area (Å²) in [5, 5.41) is 8.93. The van der Waals surface area contributed by atoms with Crippen LogP contribution in [-0.2, 0) is 6.67 Å². The van der Waals surface area contributed by atoms with Crippen LogP contribution in [0.15, 0.2) is 18.2 Å². The van der Waals surface area contributed by atoms with Crippen LogP contribution >= 0.6 is 23.6 Å². The Labute approximate surface area is 140 Å². The number of piperidine rings is 1. The summed E-state index contributed by atoms with van der Waals surface area (Å²) in [6.07, 6.45) is 3.91. The molecule has 22 heavy (non-hydrogen) atoms. The van der Waals surface area contributed by atoms with Crippen LogP contribution in [0.1, 0.15) is 30.4 Å². The minimum Gasteiger partial charge on any atom is -0.330 e. The average Bonchev–Trinajstić information content (AvgIpc) is 2.85. The van der Waals surface area contributed by atoms with Crippen LogP contribution in [0.5, 0.6) is 0 Å². The predicted molar refractivity (Wildman–Crippen MR) is 95.6 cm³/mol. The van der Waals surface area contributed by atoms with E-state index < -0.39 is 0 Å². The smallest absolute Gasteiger partial charge is 0.209 e. The van der Waals surface area contributed by atoms with E-state index in [1.807, 2.05) is 4.68 Å². The SMILES string of the molecule is Cc1cccc(Nc2nn(CN3CCCCC3)c(=S)s2)c1C. The van der Waals surface area contributed by atoms with Gasteiger partial charge in [0, 0.05) is 5.69 Å². The van der Waals surface area contributed by atoms with E-state index in [9.17, 15) is 0 Å². The molecule has 6 heteroatoms. The Morgan fingerprint density at radius 1 is 1.23 bits per heavy atom. The van der Waals surface area contributed by atoms with Gasteiger partial charge in [-0.2, -0.15) is 0 Å². The summed E-state index contributed by atoms with van der Waals surface area (Å²) in [4.78, 5) is 2.43. The summed E-state index contributed by atoms with van der Waals surface area (Å²) in [6.45, 7) is 7.36. The van der Waals surface area contributed by atoms with E-state index in [1.165, 1.54) is 30.4 Å². The second-order valence-electron chi connectivity index (χ2n) is 5.87. The third kappa shape index (κ3) is 3.56. The normalized spacial score (nSPS) is 15.9. The predicted octanol–water partition coefficient (Wildman–Crippen LogP) is 4.48. The van der Waals surface area contributed by atoms with Gasteiger partial charge in [0.05, 0.1) is 6.67 Å². The number of nitrogens with zero attached hydrogens (tertiary/aromatic N) is 3. The Bertz CT molecular complexity index is 698. The van der Waals surface area contributed by atoms with Crippen molar-refractivity contribution >= 4 is 34.4 Å². The molecule has 3 rings (SSSR count). The Morgan fingerprint density at radius 2 is 2.00 bits per heavy atom. The first kappa shape index (κ1) is 15.6. The number of aryl methyl sites for hydroxylation is 1. The first-order valence-corrected chi connectivity index (χ1v) is 8.99. The molecule has 0 saturated carbocycles. The Hall–Kier alpha value is -1.24. The lowest BCUT2D eigenvalue weighted by Crippen LogP contribution is -2.32. The molecule has 2 heterocycles. The topological polar surface area (TPSA) is 33.1 Å². The van der Waals surface area contributed by atoms with Crippen LogP contribution in [0.3, 0.4) is 0 Å². The number of hydrogen-bond acceptors (Lipinski definition) is 5. The molecule has 2 aromatic rings. The lowest BCUT2D eigenvalue weighted by Gasteiger charge is -2.25. The molecule has 118 valence electrons. The highest BCUT2D eigenvalue weighted by Crippen LogP contribution is 2.25. The molecule has 0 unspecified atom stereocenters. The van der Waals surface area contributed by atoms with Gasteiger partial charge in [0.2, 0.25) is 5.13 Å². The van der Waals surface area contributed by atoms with Crippen molar-refractivity contribution in [3.8, 4) is 0 Å². The maximum atomic E-state index is 5.47. The van der Waals surface area contributed by atoms with Crippen molar-refractivity contribution in [1.82, 2.24) is 14.7 Å². The van der Waals surface area contributed by atoms with E-state index in [0.29, 0.717) is 0 Å². The van der Waals surface area contributed by atoms with E-state index in [1.54, 1.807) is 11.3 Å². The van der Waals surface area contributed by atoms with E-state index in [0.717, 1.165) is 34.5 Å². The zero-order valence-electron chi connectivity index (χ0n) is 13.1. The average molecular weight is 335 g/mol. The Kier molecular flexibility index (Phi) is 4.90. The third-order valence-electron chi connectivity index (χ3n) is 4.24. The molecule has 1 aliphatic rings. The van der Waals surface area contributed by atoms with Crippen molar-refractivity contribution in [2.24, 2.45) is 0 Å². The highest BCUT2D eigenvalue weighted by molar-refractivity contribution is 7.73. The van der Waals surface area contributed by atoms with Crippen LogP contribution in [-0.4, -0.2) is 27.8 Å². The van der Waals surface area contributed by atoms with E-state index in [4.69, 9.17) is 12.2 Å². The lowest BCUT2D eigenvalue weighted by molar-refractivity contribution is 0.173. The summed E-state index contributed by atoms with van der Waals surface area (Å²) in [7, 11) is 0. The standard InChI is InChI=1S/C16H22N4S2/c1-12-7-6-8-14(13(12)2)17-15-18-20(16(21)22-15)11-19-9-4-3-5-10-19/h6-8H,3-5,9-11H2,1-2H3,(H,17,18). The van der Waals surface area contributed by atoms with Gasteiger partial charge in [-0.1, -0.05) is 29.9 Å². The summed E-state index contributed by atoms with van der Waals surface area (Å²) >= 11 is 7.01. The molecule has 4 nitrogen and oxygen atoms in total. The molecule has 1 saturated heterocycles. The summed E-state index contributed by atoms with van der Waals surface area (Å²) in [5.41, 5.74) is 3.64. The molecule has 0 spiro atoms. The molecule has 0 radical (unpaired) electrons. The molecule has 1 N–H and O–H groups in total. The monoisotopic (exact) mass is 334 g/mol. The van der Waals surface area contributed by atoms with Gasteiger partial charge in [-0.25, -0.2) is 4.68 Å². The fraction of sp³-hybridized carbons (Fsp3) is 0.500. The lowest BCUT2D eigenvalue weighted by atomic mass is 10.1. The van der Waals surface area contributed by atoms with Gasteiger partial charge in [0.15, 0.2) is 3.95 Å². The summed E-state index contributed by atoms with van der Waals surface area (Å²) in [6, 6.07) is 6.27. The van der Waals surface area contributed by atoms with Gasteiger partial charge in [0.25, 0.3) is 0 Å². The van der Waals surface area contributed by atoms with Crippen molar-refractivity contribution in [3.63, 3.8) is 0 Å². The number of aromatic nitrogens is 2. The molecular weight excluding hydrogens is 312 g/mol. The fourth-order valence-electron chi connectivity index (χ4n) is 2.74. The fourth-order valence-corrected chi connectivity index (χ4v) is 3.74. The van der Waals surface area contributed by atoms with Crippen LogP contribution < -0.4 is 5.32 Å². The minimum atomic E-state index is 0.809. The molecule has 1 aromatic heterocycles. The van der Waals surface area contributed by atoms with Gasteiger partial charge in [-0.05, 0) is 69.2 Å². The Balaban J connectivity index is 1.74. The molecule has 1 aliphatic heterocycles.